The minimum absolute atomic E-state index is 0.394. The first kappa shape index (κ1) is 15.0. The molecule has 110 valence electrons. The van der Waals surface area contributed by atoms with Crippen molar-refractivity contribution in [1.82, 2.24) is 9.80 Å². The normalized spacial score (nSPS) is 25.1. The molecule has 0 N–H and O–H groups in total. The summed E-state index contributed by atoms with van der Waals surface area (Å²) in [6.45, 7) is 12.1. The minimum atomic E-state index is 0.394. The Balaban J connectivity index is 1.78. The Hall–Kier alpha value is -0.410. The molecular formula is C16H30N2O. The fourth-order valence-electron chi connectivity index (χ4n) is 3.56. The number of hydrogen-bond acceptors (Lipinski definition) is 3. The van der Waals surface area contributed by atoms with Crippen molar-refractivity contribution in [2.45, 2.75) is 58.9 Å². The average molecular weight is 266 g/mol. The zero-order chi connectivity index (χ0) is 13.9. The molecule has 19 heavy (non-hydrogen) atoms. The lowest BCUT2D eigenvalue weighted by Crippen LogP contribution is -2.49. The average Bonchev–Trinajstić information content (AvgIpc) is 2.42. The van der Waals surface area contributed by atoms with Crippen LogP contribution in [-0.2, 0) is 4.79 Å². The minimum Gasteiger partial charge on any atom is -0.301 e. The van der Waals surface area contributed by atoms with Crippen LogP contribution in [0.15, 0.2) is 0 Å². The summed E-state index contributed by atoms with van der Waals surface area (Å²) in [7, 11) is 0. The van der Waals surface area contributed by atoms with Crippen LogP contribution < -0.4 is 0 Å². The highest BCUT2D eigenvalue weighted by Gasteiger charge is 2.37. The summed E-state index contributed by atoms with van der Waals surface area (Å²) in [5.41, 5.74) is 0.594. The van der Waals surface area contributed by atoms with Gasteiger partial charge in [-0.2, -0.15) is 0 Å². The zero-order valence-electron chi connectivity index (χ0n) is 13.0. The fraction of sp³-hybridized carbons (Fsp3) is 0.938. The predicted molar refractivity (Wildman–Crippen MR) is 79.3 cm³/mol. The van der Waals surface area contributed by atoms with Crippen molar-refractivity contribution in [3.63, 3.8) is 0 Å². The van der Waals surface area contributed by atoms with E-state index in [1.807, 2.05) is 6.92 Å². The van der Waals surface area contributed by atoms with Crippen molar-refractivity contribution in [3.05, 3.63) is 0 Å². The molecule has 3 heteroatoms. The number of rotatable bonds is 4. The number of hydrogen-bond donors (Lipinski definition) is 0. The number of ketones is 1. The number of carbonyl (C=O) groups is 1. The molecule has 0 aliphatic carbocycles. The van der Waals surface area contributed by atoms with Crippen molar-refractivity contribution in [2.24, 2.45) is 5.41 Å². The van der Waals surface area contributed by atoms with Crippen LogP contribution >= 0.6 is 0 Å². The third-order valence-electron chi connectivity index (χ3n) is 5.30. The van der Waals surface area contributed by atoms with Crippen molar-refractivity contribution in [1.29, 1.82) is 0 Å². The lowest BCUT2D eigenvalue weighted by Gasteiger charge is -2.47. The summed E-state index contributed by atoms with van der Waals surface area (Å²) in [5.74, 6) is 0.394. The van der Waals surface area contributed by atoms with E-state index in [1.54, 1.807) is 0 Å². The van der Waals surface area contributed by atoms with E-state index in [4.69, 9.17) is 0 Å². The second kappa shape index (κ2) is 6.36. The van der Waals surface area contributed by atoms with Gasteiger partial charge in [0.2, 0.25) is 0 Å². The third kappa shape index (κ3) is 3.79. The van der Waals surface area contributed by atoms with Crippen molar-refractivity contribution < 1.29 is 4.79 Å². The number of piperidine rings is 2. The second-order valence-corrected chi connectivity index (χ2v) is 6.80. The van der Waals surface area contributed by atoms with E-state index in [-0.39, 0.29) is 0 Å². The largest absolute Gasteiger partial charge is 0.301 e. The summed E-state index contributed by atoms with van der Waals surface area (Å²) in [4.78, 5) is 16.5. The molecule has 0 aromatic carbocycles. The van der Waals surface area contributed by atoms with Crippen LogP contribution in [0.2, 0.25) is 0 Å². The van der Waals surface area contributed by atoms with Crippen LogP contribution in [-0.4, -0.2) is 54.3 Å². The molecule has 3 nitrogen and oxygen atoms in total. The van der Waals surface area contributed by atoms with Gasteiger partial charge in [-0.25, -0.2) is 0 Å². The van der Waals surface area contributed by atoms with Crippen molar-refractivity contribution >= 4 is 5.78 Å². The van der Waals surface area contributed by atoms with E-state index in [9.17, 15) is 4.79 Å². The van der Waals surface area contributed by atoms with Gasteiger partial charge in [-0.15, -0.1) is 0 Å². The van der Waals surface area contributed by atoms with Gasteiger partial charge in [0, 0.05) is 12.5 Å². The molecule has 0 amide bonds. The highest BCUT2D eigenvalue weighted by molar-refractivity contribution is 5.80. The maximum atomic E-state index is 11.5. The highest BCUT2D eigenvalue weighted by Crippen LogP contribution is 2.41. The van der Waals surface area contributed by atoms with Gasteiger partial charge < -0.3 is 4.90 Å². The number of carbonyl (C=O) groups excluding carboxylic acids is 1. The lowest BCUT2D eigenvalue weighted by atomic mass is 9.71. The Morgan fingerprint density at radius 2 is 1.58 bits per heavy atom. The van der Waals surface area contributed by atoms with E-state index in [0.717, 1.165) is 13.1 Å². The molecule has 0 bridgehead atoms. The highest BCUT2D eigenvalue weighted by atomic mass is 16.1. The van der Waals surface area contributed by atoms with Gasteiger partial charge in [0.25, 0.3) is 0 Å². The Morgan fingerprint density at radius 3 is 2.05 bits per heavy atom. The molecule has 1 spiro atoms. The summed E-state index contributed by atoms with van der Waals surface area (Å²) in [6.07, 6.45) is 6.01. The Morgan fingerprint density at radius 1 is 1.05 bits per heavy atom. The lowest BCUT2D eigenvalue weighted by molar-refractivity contribution is -0.120. The molecule has 2 rings (SSSR count). The van der Waals surface area contributed by atoms with Crippen LogP contribution in [0.25, 0.3) is 0 Å². The van der Waals surface area contributed by atoms with E-state index in [1.165, 1.54) is 38.8 Å². The molecule has 2 fully saturated rings. The monoisotopic (exact) mass is 266 g/mol. The Kier molecular flexibility index (Phi) is 5.02. The van der Waals surface area contributed by atoms with Gasteiger partial charge in [-0.05, 0) is 71.1 Å². The molecule has 2 aliphatic rings. The van der Waals surface area contributed by atoms with E-state index < -0.39 is 0 Å². The smallest absolute Gasteiger partial charge is 0.146 e. The quantitative estimate of drug-likeness (QED) is 0.781. The maximum absolute atomic E-state index is 11.5. The molecule has 2 saturated heterocycles. The molecule has 2 aliphatic heterocycles. The first-order valence-corrected chi connectivity index (χ1v) is 8.03. The summed E-state index contributed by atoms with van der Waals surface area (Å²) in [5, 5.41) is 0. The van der Waals surface area contributed by atoms with E-state index in [2.05, 4.69) is 23.6 Å². The fourth-order valence-corrected chi connectivity index (χ4v) is 3.56. The number of likely N-dealkylation sites (tertiary alicyclic amines) is 2. The maximum Gasteiger partial charge on any atom is 0.146 e. The van der Waals surface area contributed by atoms with Crippen molar-refractivity contribution in [2.75, 3.05) is 32.7 Å². The Labute approximate surface area is 118 Å². The molecule has 0 aromatic heterocycles. The summed E-state index contributed by atoms with van der Waals surface area (Å²) < 4.78 is 0. The number of Topliss-reactive ketones (excluding diaryl/α,β-unsaturated/α-hetero) is 1. The molecule has 0 unspecified atom stereocenters. The molecule has 2 heterocycles. The zero-order valence-corrected chi connectivity index (χ0v) is 13.0. The second-order valence-electron chi connectivity index (χ2n) is 6.80. The third-order valence-corrected chi connectivity index (χ3v) is 5.30. The standard InChI is InChI=1S/C16H30N2O/c1-4-15(19)13-17-9-5-16(6-10-17)7-11-18(12-8-16)14(2)3/h14H,4-13H2,1-3H3. The van der Waals surface area contributed by atoms with E-state index >= 15 is 0 Å². The van der Waals surface area contributed by atoms with Gasteiger partial charge in [0.15, 0.2) is 0 Å². The van der Waals surface area contributed by atoms with Crippen LogP contribution in [0, 0.1) is 5.41 Å². The van der Waals surface area contributed by atoms with Gasteiger partial charge in [-0.1, -0.05) is 6.92 Å². The molecular weight excluding hydrogens is 236 g/mol. The first-order valence-electron chi connectivity index (χ1n) is 8.03. The van der Waals surface area contributed by atoms with E-state index in [0.29, 0.717) is 30.2 Å². The van der Waals surface area contributed by atoms with Crippen LogP contribution in [0.5, 0.6) is 0 Å². The first-order chi connectivity index (χ1) is 9.04. The Bertz CT molecular complexity index is 296. The van der Waals surface area contributed by atoms with Crippen LogP contribution in [0.3, 0.4) is 0 Å². The SMILES string of the molecule is CCC(=O)CN1CCC2(CC1)CCN(C(C)C)CC2. The van der Waals surface area contributed by atoms with Crippen LogP contribution in [0.1, 0.15) is 52.9 Å². The van der Waals surface area contributed by atoms with Gasteiger partial charge >= 0.3 is 0 Å². The predicted octanol–water partition coefficient (Wildman–Crippen LogP) is 2.55. The topological polar surface area (TPSA) is 23.6 Å². The van der Waals surface area contributed by atoms with Crippen LogP contribution in [0.4, 0.5) is 0 Å². The molecule has 0 radical (unpaired) electrons. The van der Waals surface area contributed by atoms with Gasteiger partial charge in [0.05, 0.1) is 6.54 Å². The van der Waals surface area contributed by atoms with Gasteiger partial charge in [-0.3, -0.25) is 9.69 Å². The van der Waals surface area contributed by atoms with Crippen molar-refractivity contribution in [3.8, 4) is 0 Å². The summed E-state index contributed by atoms with van der Waals surface area (Å²) in [6, 6.07) is 0.694. The molecule has 0 aromatic rings. The number of nitrogens with zero attached hydrogens (tertiary/aromatic N) is 2. The molecule has 0 atom stereocenters. The van der Waals surface area contributed by atoms with Gasteiger partial charge in [0.1, 0.15) is 5.78 Å². The summed E-state index contributed by atoms with van der Waals surface area (Å²) >= 11 is 0. The molecule has 0 saturated carbocycles.